The zero-order valence-electron chi connectivity index (χ0n) is 11.7. The standard InChI is InChI=1S/C15H21FN2O.ClH/c1-11(17)15(19)18-8-6-13(7-9-18)10-12-2-4-14(16)5-3-12;/h2-5,11,13H,6-10,17H2,1H3;1H/t11-;/m1./s1. The van der Waals surface area contributed by atoms with Crippen LogP contribution < -0.4 is 5.73 Å². The number of nitrogens with two attached hydrogens (primary N) is 1. The zero-order valence-corrected chi connectivity index (χ0v) is 12.5. The molecule has 0 saturated carbocycles. The fraction of sp³-hybridized carbons (Fsp3) is 0.533. The van der Waals surface area contributed by atoms with Crippen molar-refractivity contribution < 1.29 is 9.18 Å². The molecular weight excluding hydrogens is 279 g/mol. The van der Waals surface area contributed by atoms with Gasteiger partial charge in [-0.05, 0) is 49.8 Å². The molecular formula is C15H22ClFN2O. The van der Waals surface area contributed by atoms with Crippen LogP contribution in [0.1, 0.15) is 25.3 Å². The molecule has 0 spiro atoms. The van der Waals surface area contributed by atoms with Crippen LogP contribution in [0.4, 0.5) is 4.39 Å². The van der Waals surface area contributed by atoms with Crippen molar-refractivity contribution in [3.63, 3.8) is 0 Å². The van der Waals surface area contributed by atoms with Crippen LogP contribution in [-0.2, 0) is 11.2 Å². The van der Waals surface area contributed by atoms with Gasteiger partial charge in [0.1, 0.15) is 5.82 Å². The maximum atomic E-state index is 12.8. The van der Waals surface area contributed by atoms with E-state index < -0.39 is 6.04 Å². The fourth-order valence-corrected chi connectivity index (χ4v) is 2.60. The summed E-state index contributed by atoms with van der Waals surface area (Å²) in [5.74, 6) is 0.420. The van der Waals surface area contributed by atoms with E-state index in [2.05, 4.69) is 0 Å². The van der Waals surface area contributed by atoms with Gasteiger partial charge in [-0.3, -0.25) is 4.79 Å². The molecule has 2 rings (SSSR count). The molecule has 1 fully saturated rings. The van der Waals surface area contributed by atoms with Crippen molar-refractivity contribution >= 4 is 18.3 Å². The summed E-state index contributed by atoms with van der Waals surface area (Å²) in [4.78, 5) is 13.6. The van der Waals surface area contributed by atoms with Gasteiger partial charge in [-0.1, -0.05) is 12.1 Å². The van der Waals surface area contributed by atoms with Gasteiger partial charge in [0.25, 0.3) is 0 Å². The first-order chi connectivity index (χ1) is 9.06. The number of rotatable bonds is 3. The van der Waals surface area contributed by atoms with E-state index >= 15 is 0 Å². The third kappa shape index (κ3) is 4.46. The van der Waals surface area contributed by atoms with E-state index in [-0.39, 0.29) is 24.1 Å². The molecule has 0 aromatic heterocycles. The third-order valence-corrected chi connectivity index (χ3v) is 3.75. The zero-order chi connectivity index (χ0) is 13.8. The summed E-state index contributed by atoms with van der Waals surface area (Å²) in [7, 11) is 0. The topological polar surface area (TPSA) is 46.3 Å². The molecule has 1 amide bonds. The Morgan fingerprint density at radius 2 is 1.90 bits per heavy atom. The molecule has 1 saturated heterocycles. The Bertz CT molecular complexity index is 428. The van der Waals surface area contributed by atoms with Crippen molar-refractivity contribution in [3.05, 3.63) is 35.6 Å². The number of carbonyl (C=O) groups excluding carboxylic acids is 1. The second-order valence-corrected chi connectivity index (χ2v) is 5.39. The monoisotopic (exact) mass is 300 g/mol. The van der Waals surface area contributed by atoms with Crippen molar-refractivity contribution in [3.8, 4) is 0 Å². The Labute approximate surface area is 125 Å². The smallest absolute Gasteiger partial charge is 0.239 e. The predicted octanol–water partition coefficient (Wildman–Crippen LogP) is 2.38. The molecule has 5 heteroatoms. The highest BCUT2D eigenvalue weighted by Crippen LogP contribution is 2.22. The predicted molar refractivity (Wildman–Crippen MR) is 80.3 cm³/mol. The van der Waals surface area contributed by atoms with Gasteiger partial charge in [-0.15, -0.1) is 12.4 Å². The van der Waals surface area contributed by atoms with Gasteiger partial charge in [-0.2, -0.15) is 0 Å². The van der Waals surface area contributed by atoms with Crippen LogP contribution in [0.15, 0.2) is 24.3 Å². The van der Waals surface area contributed by atoms with Crippen LogP contribution in [0.25, 0.3) is 0 Å². The highest BCUT2D eigenvalue weighted by Gasteiger charge is 2.24. The molecule has 112 valence electrons. The number of nitrogens with zero attached hydrogens (tertiary/aromatic N) is 1. The second kappa shape index (κ2) is 7.60. The van der Waals surface area contributed by atoms with Crippen molar-refractivity contribution in [1.29, 1.82) is 0 Å². The van der Waals surface area contributed by atoms with Gasteiger partial charge in [-0.25, -0.2) is 4.39 Å². The third-order valence-electron chi connectivity index (χ3n) is 3.75. The minimum absolute atomic E-state index is 0. The van der Waals surface area contributed by atoms with Crippen molar-refractivity contribution in [2.45, 2.75) is 32.2 Å². The van der Waals surface area contributed by atoms with Gasteiger partial charge in [0.2, 0.25) is 5.91 Å². The summed E-state index contributed by atoms with van der Waals surface area (Å²) in [6.45, 7) is 3.30. The number of likely N-dealkylation sites (tertiary alicyclic amines) is 1. The fourth-order valence-electron chi connectivity index (χ4n) is 2.60. The average Bonchev–Trinajstić information content (AvgIpc) is 2.41. The molecule has 3 nitrogen and oxygen atoms in total. The number of amides is 1. The normalized spacial score (nSPS) is 17.4. The highest BCUT2D eigenvalue weighted by atomic mass is 35.5. The Morgan fingerprint density at radius 1 is 1.35 bits per heavy atom. The summed E-state index contributed by atoms with van der Waals surface area (Å²) in [6, 6.07) is 6.28. The molecule has 1 aromatic carbocycles. The maximum absolute atomic E-state index is 12.8. The number of hydrogen-bond donors (Lipinski definition) is 1. The molecule has 1 heterocycles. The Hall–Kier alpha value is -1.13. The van der Waals surface area contributed by atoms with Crippen LogP contribution in [0.3, 0.4) is 0 Å². The lowest BCUT2D eigenvalue weighted by Crippen LogP contribution is -2.46. The largest absolute Gasteiger partial charge is 0.341 e. The van der Waals surface area contributed by atoms with E-state index in [1.807, 2.05) is 17.0 Å². The molecule has 0 unspecified atom stereocenters. The first-order valence-electron chi connectivity index (χ1n) is 6.85. The highest BCUT2D eigenvalue weighted by molar-refractivity contribution is 5.85. The molecule has 1 atom stereocenters. The lowest BCUT2D eigenvalue weighted by molar-refractivity contribution is -0.133. The van der Waals surface area contributed by atoms with E-state index in [1.54, 1.807) is 6.92 Å². The number of piperidine rings is 1. The first-order valence-corrected chi connectivity index (χ1v) is 6.85. The summed E-state index contributed by atoms with van der Waals surface area (Å²) in [5.41, 5.74) is 6.78. The van der Waals surface area contributed by atoms with E-state index in [0.29, 0.717) is 5.92 Å². The van der Waals surface area contributed by atoms with Crippen LogP contribution in [0.5, 0.6) is 0 Å². The van der Waals surface area contributed by atoms with Gasteiger partial charge in [0, 0.05) is 13.1 Å². The van der Waals surface area contributed by atoms with Crippen molar-refractivity contribution in [2.24, 2.45) is 11.7 Å². The molecule has 1 aliphatic rings. The lowest BCUT2D eigenvalue weighted by atomic mass is 9.90. The molecule has 20 heavy (non-hydrogen) atoms. The van der Waals surface area contributed by atoms with Gasteiger partial charge >= 0.3 is 0 Å². The molecule has 0 radical (unpaired) electrons. The minimum atomic E-state index is -0.409. The van der Waals surface area contributed by atoms with Crippen LogP contribution >= 0.6 is 12.4 Å². The summed E-state index contributed by atoms with van der Waals surface area (Å²) < 4.78 is 12.8. The van der Waals surface area contributed by atoms with Crippen molar-refractivity contribution in [2.75, 3.05) is 13.1 Å². The number of benzene rings is 1. The number of hydrogen-bond acceptors (Lipinski definition) is 2. The Morgan fingerprint density at radius 3 is 2.40 bits per heavy atom. The summed E-state index contributed by atoms with van der Waals surface area (Å²) in [5, 5.41) is 0. The lowest BCUT2D eigenvalue weighted by Gasteiger charge is -2.33. The second-order valence-electron chi connectivity index (χ2n) is 5.39. The van der Waals surface area contributed by atoms with E-state index in [1.165, 1.54) is 17.7 Å². The van der Waals surface area contributed by atoms with Crippen LogP contribution in [-0.4, -0.2) is 29.9 Å². The summed E-state index contributed by atoms with van der Waals surface area (Å²) >= 11 is 0. The summed E-state index contributed by atoms with van der Waals surface area (Å²) in [6.07, 6.45) is 2.95. The van der Waals surface area contributed by atoms with Gasteiger partial charge in [0.05, 0.1) is 6.04 Å². The van der Waals surface area contributed by atoms with Crippen LogP contribution in [0, 0.1) is 11.7 Å². The molecule has 1 aromatic rings. The van der Waals surface area contributed by atoms with Crippen molar-refractivity contribution in [1.82, 2.24) is 4.90 Å². The van der Waals surface area contributed by atoms with E-state index in [9.17, 15) is 9.18 Å². The van der Waals surface area contributed by atoms with E-state index in [4.69, 9.17) is 5.73 Å². The number of carbonyl (C=O) groups is 1. The molecule has 2 N–H and O–H groups in total. The first kappa shape index (κ1) is 16.9. The maximum Gasteiger partial charge on any atom is 0.239 e. The molecule has 0 aliphatic carbocycles. The molecule has 1 aliphatic heterocycles. The Kier molecular flexibility index (Phi) is 6.43. The van der Waals surface area contributed by atoms with Crippen LogP contribution in [0.2, 0.25) is 0 Å². The Balaban J connectivity index is 0.00000200. The van der Waals surface area contributed by atoms with Gasteiger partial charge < -0.3 is 10.6 Å². The molecule has 0 bridgehead atoms. The SMILES string of the molecule is C[C@@H](N)C(=O)N1CCC(Cc2ccc(F)cc2)CC1.Cl. The average molecular weight is 301 g/mol. The van der Waals surface area contributed by atoms with E-state index in [0.717, 1.165) is 32.4 Å². The van der Waals surface area contributed by atoms with Gasteiger partial charge in [0.15, 0.2) is 0 Å². The minimum Gasteiger partial charge on any atom is -0.341 e. The quantitative estimate of drug-likeness (QED) is 0.931. The number of halogens is 2.